The molecule has 0 radical (unpaired) electrons. The minimum absolute atomic E-state index is 0.541. The summed E-state index contributed by atoms with van der Waals surface area (Å²) >= 11 is 0. The average Bonchev–Trinajstić information content (AvgIpc) is 3.23. The molecule has 2 aromatic rings. The molecule has 2 fully saturated rings. The molecule has 2 saturated heterocycles. The summed E-state index contributed by atoms with van der Waals surface area (Å²) in [5.74, 6) is 0.735. The molecule has 2 aliphatic rings. The highest BCUT2D eigenvalue weighted by Crippen LogP contribution is 2.30. The van der Waals surface area contributed by atoms with E-state index in [1.807, 2.05) is 0 Å². The second-order valence-corrected chi connectivity index (χ2v) is 7.69. The first kappa shape index (κ1) is 16.8. The van der Waals surface area contributed by atoms with Gasteiger partial charge in [0, 0.05) is 6.04 Å². The number of rotatable bonds is 4. The first-order valence-electron chi connectivity index (χ1n) is 9.96. The monoisotopic (exact) mass is 334 g/mol. The molecule has 0 bridgehead atoms. The summed E-state index contributed by atoms with van der Waals surface area (Å²) in [5, 5.41) is 3.45. The summed E-state index contributed by atoms with van der Waals surface area (Å²) in [6, 6.07) is 19.0. The van der Waals surface area contributed by atoms with E-state index >= 15 is 0 Å². The second-order valence-electron chi connectivity index (χ2n) is 7.69. The zero-order valence-electron chi connectivity index (χ0n) is 15.4. The summed E-state index contributed by atoms with van der Waals surface area (Å²) < 4.78 is 0. The summed E-state index contributed by atoms with van der Waals surface area (Å²) in [7, 11) is 0. The van der Waals surface area contributed by atoms with Crippen LogP contribution < -0.4 is 5.32 Å². The third-order valence-electron chi connectivity index (χ3n) is 6.14. The number of hydrogen-bond acceptors (Lipinski definition) is 2. The summed E-state index contributed by atoms with van der Waals surface area (Å²) in [6.45, 7) is 7.16. The van der Waals surface area contributed by atoms with Crippen molar-refractivity contribution in [3.63, 3.8) is 0 Å². The molecule has 2 aromatic carbocycles. The van der Waals surface area contributed by atoms with Gasteiger partial charge >= 0.3 is 0 Å². The minimum atomic E-state index is 0.541. The highest BCUT2D eigenvalue weighted by Gasteiger charge is 2.19. The molecule has 0 aliphatic carbocycles. The first-order chi connectivity index (χ1) is 12.3. The normalized spacial score (nSPS) is 20.7. The van der Waals surface area contributed by atoms with Gasteiger partial charge in [0.25, 0.3) is 0 Å². The Bertz CT molecular complexity index is 662. The van der Waals surface area contributed by atoms with Gasteiger partial charge in [-0.3, -0.25) is 4.90 Å². The average molecular weight is 335 g/mol. The Balaban J connectivity index is 1.46. The lowest BCUT2D eigenvalue weighted by atomic mass is 9.89. The van der Waals surface area contributed by atoms with E-state index in [-0.39, 0.29) is 0 Å². The molecule has 132 valence electrons. The molecule has 0 unspecified atom stereocenters. The van der Waals surface area contributed by atoms with Crippen molar-refractivity contribution in [1.29, 1.82) is 0 Å². The molecule has 0 spiro atoms. The topological polar surface area (TPSA) is 15.3 Å². The smallest absolute Gasteiger partial charge is 0.0319 e. The predicted molar refractivity (Wildman–Crippen MR) is 106 cm³/mol. The highest BCUT2D eigenvalue weighted by molar-refractivity contribution is 5.64. The second kappa shape index (κ2) is 7.72. The van der Waals surface area contributed by atoms with Gasteiger partial charge in [0.2, 0.25) is 0 Å². The van der Waals surface area contributed by atoms with Crippen LogP contribution in [0.2, 0.25) is 0 Å². The lowest BCUT2D eigenvalue weighted by Crippen LogP contribution is -2.26. The van der Waals surface area contributed by atoms with Crippen molar-refractivity contribution in [2.45, 2.75) is 44.6 Å². The molecule has 0 aromatic heterocycles. The van der Waals surface area contributed by atoms with Crippen LogP contribution in [0.5, 0.6) is 0 Å². The third kappa shape index (κ3) is 3.80. The van der Waals surface area contributed by atoms with Crippen molar-refractivity contribution in [2.24, 2.45) is 0 Å². The number of nitrogens with zero attached hydrogens (tertiary/aromatic N) is 1. The number of likely N-dealkylation sites (tertiary alicyclic amines) is 1. The fourth-order valence-electron chi connectivity index (χ4n) is 4.40. The van der Waals surface area contributed by atoms with Crippen LogP contribution in [-0.2, 0) is 0 Å². The molecule has 2 aliphatic heterocycles. The molecule has 2 heterocycles. The number of nitrogens with one attached hydrogen (secondary N) is 1. The summed E-state index contributed by atoms with van der Waals surface area (Å²) in [6.07, 6.45) is 5.24. The van der Waals surface area contributed by atoms with E-state index in [0.717, 1.165) is 19.0 Å². The van der Waals surface area contributed by atoms with E-state index in [1.165, 1.54) is 61.0 Å². The first-order valence-corrected chi connectivity index (χ1v) is 9.96. The Labute approximate surface area is 152 Å². The Morgan fingerprint density at radius 1 is 0.840 bits per heavy atom. The van der Waals surface area contributed by atoms with Gasteiger partial charge in [-0.1, -0.05) is 48.5 Å². The van der Waals surface area contributed by atoms with Crippen LogP contribution in [0.3, 0.4) is 0 Å². The SMILES string of the molecule is C[C@H](c1ccc(-c2ccc(C3CCNCC3)cc2)cc1)N1CCCC1. The maximum absolute atomic E-state index is 3.45. The Hall–Kier alpha value is -1.64. The molecule has 1 atom stereocenters. The molecule has 25 heavy (non-hydrogen) atoms. The Kier molecular flexibility index (Phi) is 5.19. The van der Waals surface area contributed by atoms with E-state index in [4.69, 9.17) is 0 Å². The molecule has 1 N–H and O–H groups in total. The van der Waals surface area contributed by atoms with Crippen LogP contribution in [0.15, 0.2) is 48.5 Å². The van der Waals surface area contributed by atoms with Crippen LogP contribution in [-0.4, -0.2) is 31.1 Å². The van der Waals surface area contributed by atoms with E-state index in [0.29, 0.717) is 6.04 Å². The highest BCUT2D eigenvalue weighted by atomic mass is 15.2. The van der Waals surface area contributed by atoms with E-state index in [1.54, 1.807) is 0 Å². The maximum atomic E-state index is 3.45. The van der Waals surface area contributed by atoms with Crippen molar-refractivity contribution in [3.05, 3.63) is 59.7 Å². The predicted octanol–water partition coefficient (Wildman–Crippen LogP) is 4.98. The van der Waals surface area contributed by atoms with E-state index < -0.39 is 0 Å². The van der Waals surface area contributed by atoms with Gasteiger partial charge in [-0.05, 0) is 87.0 Å². The summed E-state index contributed by atoms with van der Waals surface area (Å²) in [4.78, 5) is 2.60. The molecular formula is C23H30N2. The molecule has 2 heteroatoms. The van der Waals surface area contributed by atoms with Crippen molar-refractivity contribution >= 4 is 0 Å². The Morgan fingerprint density at radius 3 is 2.00 bits per heavy atom. The molecule has 4 rings (SSSR count). The van der Waals surface area contributed by atoms with Gasteiger partial charge in [0.1, 0.15) is 0 Å². The van der Waals surface area contributed by atoms with Crippen LogP contribution >= 0.6 is 0 Å². The van der Waals surface area contributed by atoms with Crippen LogP contribution in [0.4, 0.5) is 0 Å². The van der Waals surface area contributed by atoms with Gasteiger partial charge < -0.3 is 5.32 Å². The number of piperidine rings is 1. The maximum Gasteiger partial charge on any atom is 0.0319 e. The van der Waals surface area contributed by atoms with Crippen LogP contribution in [0, 0.1) is 0 Å². The summed E-state index contributed by atoms with van der Waals surface area (Å²) in [5.41, 5.74) is 5.61. The van der Waals surface area contributed by atoms with Crippen molar-refractivity contribution in [3.8, 4) is 11.1 Å². The van der Waals surface area contributed by atoms with Crippen molar-refractivity contribution < 1.29 is 0 Å². The number of benzene rings is 2. The van der Waals surface area contributed by atoms with Gasteiger partial charge in [-0.25, -0.2) is 0 Å². The van der Waals surface area contributed by atoms with Gasteiger partial charge in [-0.15, -0.1) is 0 Å². The van der Waals surface area contributed by atoms with Crippen molar-refractivity contribution in [1.82, 2.24) is 10.2 Å². The van der Waals surface area contributed by atoms with E-state index in [2.05, 4.69) is 65.7 Å². The van der Waals surface area contributed by atoms with Gasteiger partial charge in [0.05, 0.1) is 0 Å². The molecular weight excluding hydrogens is 304 g/mol. The largest absolute Gasteiger partial charge is 0.317 e. The third-order valence-corrected chi connectivity index (χ3v) is 6.14. The van der Waals surface area contributed by atoms with Crippen LogP contribution in [0.1, 0.15) is 55.7 Å². The lowest BCUT2D eigenvalue weighted by molar-refractivity contribution is 0.263. The zero-order valence-corrected chi connectivity index (χ0v) is 15.4. The molecule has 0 saturated carbocycles. The van der Waals surface area contributed by atoms with Gasteiger partial charge in [-0.2, -0.15) is 0 Å². The minimum Gasteiger partial charge on any atom is -0.317 e. The molecule has 0 amide bonds. The fourth-order valence-corrected chi connectivity index (χ4v) is 4.40. The molecule has 2 nitrogen and oxygen atoms in total. The zero-order chi connectivity index (χ0) is 17.1. The standard InChI is InChI=1S/C23H30N2/c1-18(25-16-2-3-17-25)19-4-6-20(7-5-19)21-8-10-22(11-9-21)23-12-14-24-15-13-23/h4-11,18,23-24H,2-3,12-17H2,1H3/t18-/m1/s1. The van der Waals surface area contributed by atoms with Crippen molar-refractivity contribution in [2.75, 3.05) is 26.2 Å². The fraction of sp³-hybridized carbons (Fsp3) is 0.478. The number of hydrogen-bond donors (Lipinski definition) is 1. The van der Waals surface area contributed by atoms with E-state index in [9.17, 15) is 0 Å². The van der Waals surface area contributed by atoms with Gasteiger partial charge in [0.15, 0.2) is 0 Å². The Morgan fingerprint density at radius 2 is 1.40 bits per heavy atom. The van der Waals surface area contributed by atoms with Crippen LogP contribution in [0.25, 0.3) is 11.1 Å². The lowest BCUT2D eigenvalue weighted by Gasteiger charge is -2.24. The quantitative estimate of drug-likeness (QED) is 0.848.